The molecular formula is C32H20N6O6. The Labute approximate surface area is 248 Å². The molecule has 2 heterocycles. The molecule has 0 aliphatic carbocycles. The van der Waals surface area contributed by atoms with E-state index in [0.29, 0.717) is 21.8 Å². The summed E-state index contributed by atoms with van der Waals surface area (Å²) in [7, 11) is 0. The first-order valence-corrected chi connectivity index (χ1v) is 13.2. The molecule has 0 atom stereocenters. The molecule has 12 nitrogen and oxygen atoms in total. The number of aromatic nitrogens is 2. The third-order valence-electron chi connectivity index (χ3n) is 6.99. The van der Waals surface area contributed by atoms with Crippen LogP contribution in [0.5, 0.6) is 0 Å². The number of benzene rings is 4. The number of hydrogen-bond acceptors (Lipinski definition) is 8. The lowest BCUT2D eigenvalue weighted by atomic mass is 9.92. The Kier molecular flexibility index (Phi) is 7.13. The van der Waals surface area contributed by atoms with Gasteiger partial charge < -0.3 is 10.6 Å². The van der Waals surface area contributed by atoms with Crippen molar-refractivity contribution in [1.82, 2.24) is 9.97 Å². The molecule has 6 aromatic rings. The van der Waals surface area contributed by atoms with E-state index in [4.69, 9.17) is 0 Å². The van der Waals surface area contributed by atoms with Gasteiger partial charge in [0.15, 0.2) is 0 Å². The smallest absolute Gasteiger partial charge is 0.292 e. The highest BCUT2D eigenvalue weighted by Crippen LogP contribution is 2.36. The maximum Gasteiger partial charge on any atom is 0.292 e. The van der Waals surface area contributed by atoms with Gasteiger partial charge in [-0.15, -0.1) is 0 Å². The molecule has 44 heavy (non-hydrogen) atoms. The Balaban J connectivity index is 1.57. The topological polar surface area (TPSA) is 170 Å². The van der Waals surface area contributed by atoms with E-state index in [0.717, 1.165) is 0 Å². The van der Waals surface area contributed by atoms with Gasteiger partial charge in [-0.05, 0) is 24.3 Å². The van der Waals surface area contributed by atoms with Gasteiger partial charge in [0, 0.05) is 46.4 Å². The van der Waals surface area contributed by atoms with Gasteiger partial charge in [0.25, 0.3) is 23.2 Å². The summed E-state index contributed by atoms with van der Waals surface area (Å²) < 4.78 is 0. The molecule has 0 spiro atoms. The monoisotopic (exact) mass is 584 g/mol. The van der Waals surface area contributed by atoms with Crippen LogP contribution in [0.15, 0.2) is 109 Å². The number of para-hydroxylation sites is 6. The number of carbonyl (C=O) groups excluding carboxylic acids is 2. The third-order valence-corrected chi connectivity index (χ3v) is 6.99. The lowest BCUT2D eigenvalue weighted by Gasteiger charge is -2.17. The van der Waals surface area contributed by atoms with E-state index in [2.05, 4.69) is 20.6 Å². The van der Waals surface area contributed by atoms with E-state index in [-0.39, 0.29) is 45.0 Å². The maximum atomic E-state index is 14.0. The van der Waals surface area contributed by atoms with Crippen LogP contribution in [0.3, 0.4) is 0 Å². The number of nitro benzene ring substituents is 2. The van der Waals surface area contributed by atoms with Gasteiger partial charge >= 0.3 is 0 Å². The van der Waals surface area contributed by atoms with Gasteiger partial charge in [-0.25, -0.2) is 0 Å². The van der Waals surface area contributed by atoms with E-state index in [9.17, 15) is 29.8 Å². The first kappa shape index (κ1) is 27.6. The standard InChI is InChI=1S/C32H20N6O6/c39-31(35-25-13-5-7-15-27(25)37(41)42)29-19-9-1-3-11-23(19)33-17-21(29)22-18-34-24-12-4-2-10-20(24)30(22)32(40)36-26-14-6-8-16-28(26)38(43)44/h1-18H,(H,35,39)(H,36,40). The number of rotatable bonds is 7. The predicted octanol–water partition coefficient (Wildman–Crippen LogP) is 6.77. The van der Waals surface area contributed by atoms with Crippen LogP contribution >= 0.6 is 0 Å². The number of pyridine rings is 2. The Hall–Kier alpha value is -6.56. The molecule has 2 aromatic heterocycles. The molecule has 0 aliphatic rings. The number of nitro groups is 2. The molecule has 4 aromatic carbocycles. The third kappa shape index (κ3) is 5.03. The minimum absolute atomic E-state index is 0.0136. The van der Waals surface area contributed by atoms with Gasteiger partial charge in [0.05, 0.1) is 32.0 Å². The summed E-state index contributed by atoms with van der Waals surface area (Å²) in [5, 5.41) is 29.5. The second kappa shape index (κ2) is 11.4. The second-order valence-electron chi connectivity index (χ2n) is 9.58. The zero-order chi connectivity index (χ0) is 30.8. The van der Waals surface area contributed by atoms with Crippen molar-refractivity contribution in [3.05, 3.63) is 141 Å². The first-order chi connectivity index (χ1) is 21.3. The van der Waals surface area contributed by atoms with E-state index in [1.807, 2.05) is 0 Å². The summed E-state index contributed by atoms with van der Waals surface area (Å²) in [5.74, 6) is -1.35. The van der Waals surface area contributed by atoms with Crippen molar-refractivity contribution < 1.29 is 19.4 Å². The number of hydrogen-bond donors (Lipinski definition) is 2. The van der Waals surface area contributed by atoms with Gasteiger partial charge in [-0.1, -0.05) is 60.7 Å². The molecule has 0 radical (unpaired) electrons. The minimum atomic E-state index is -0.675. The van der Waals surface area contributed by atoms with Crippen molar-refractivity contribution in [2.75, 3.05) is 10.6 Å². The summed E-state index contributed by atoms with van der Waals surface area (Å²) in [5.41, 5.74) is 0.996. The Bertz CT molecular complexity index is 2000. The van der Waals surface area contributed by atoms with Gasteiger partial charge in [0.1, 0.15) is 11.4 Å². The van der Waals surface area contributed by atoms with Gasteiger partial charge in [0.2, 0.25) is 0 Å². The van der Waals surface area contributed by atoms with Crippen LogP contribution in [0.2, 0.25) is 0 Å². The van der Waals surface area contributed by atoms with Crippen molar-refractivity contribution in [3.63, 3.8) is 0 Å². The summed E-state index contributed by atoms with van der Waals surface area (Å²) in [4.78, 5) is 59.1. The van der Waals surface area contributed by atoms with Crippen molar-refractivity contribution in [2.24, 2.45) is 0 Å². The van der Waals surface area contributed by atoms with E-state index in [1.54, 1.807) is 60.7 Å². The van der Waals surface area contributed by atoms with Crippen LogP contribution in [0.1, 0.15) is 20.7 Å². The van der Waals surface area contributed by atoms with Gasteiger partial charge in [-0.2, -0.15) is 0 Å². The van der Waals surface area contributed by atoms with Crippen molar-refractivity contribution >= 4 is 56.4 Å². The number of fused-ring (bicyclic) bond motifs is 2. The van der Waals surface area contributed by atoms with Crippen LogP contribution in [0, 0.1) is 20.2 Å². The lowest BCUT2D eigenvalue weighted by Crippen LogP contribution is -2.18. The highest BCUT2D eigenvalue weighted by atomic mass is 16.6. The van der Waals surface area contributed by atoms with Crippen LogP contribution in [0.4, 0.5) is 22.7 Å². The largest absolute Gasteiger partial charge is 0.316 e. The molecule has 0 fully saturated rings. The summed E-state index contributed by atoms with van der Waals surface area (Å²) >= 11 is 0. The van der Waals surface area contributed by atoms with E-state index >= 15 is 0 Å². The average molecular weight is 585 g/mol. The molecule has 0 unspecified atom stereocenters. The summed E-state index contributed by atoms with van der Waals surface area (Å²) in [6.07, 6.45) is 2.87. The predicted molar refractivity (Wildman–Crippen MR) is 165 cm³/mol. The SMILES string of the molecule is O=C(Nc1ccccc1[N+](=O)[O-])c1c(-c2cnc3ccccc3c2C(=O)Nc2ccccc2[N+](=O)[O-])cnc2ccccc12. The van der Waals surface area contributed by atoms with Crippen molar-refractivity contribution in [2.45, 2.75) is 0 Å². The Morgan fingerprint density at radius 1 is 0.545 bits per heavy atom. The van der Waals surface area contributed by atoms with Crippen LogP contribution in [-0.2, 0) is 0 Å². The molecule has 0 aliphatic heterocycles. The molecule has 2 amide bonds. The number of anilines is 2. The molecule has 12 heteroatoms. The molecular weight excluding hydrogens is 564 g/mol. The number of nitrogens with zero attached hydrogens (tertiary/aromatic N) is 4. The Morgan fingerprint density at radius 2 is 0.909 bits per heavy atom. The normalized spacial score (nSPS) is 10.8. The number of carbonyl (C=O) groups is 2. The average Bonchev–Trinajstić information content (AvgIpc) is 3.03. The number of amides is 2. The molecule has 0 saturated heterocycles. The minimum Gasteiger partial charge on any atom is -0.316 e. The van der Waals surface area contributed by atoms with E-state index in [1.165, 1.54) is 48.8 Å². The molecule has 0 saturated carbocycles. The van der Waals surface area contributed by atoms with Crippen LogP contribution in [-0.4, -0.2) is 31.6 Å². The van der Waals surface area contributed by atoms with Crippen molar-refractivity contribution in [1.29, 1.82) is 0 Å². The maximum absolute atomic E-state index is 14.0. The quantitative estimate of drug-likeness (QED) is 0.153. The zero-order valence-corrected chi connectivity index (χ0v) is 22.6. The van der Waals surface area contributed by atoms with Crippen LogP contribution in [0.25, 0.3) is 32.9 Å². The van der Waals surface area contributed by atoms with E-state index < -0.39 is 21.7 Å². The van der Waals surface area contributed by atoms with Crippen LogP contribution < -0.4 is 10.6 Å². The lowest BCUT2D eigenvalue weighted by molar-refractivity contribution is -0.384. The summed E-state index contributed by atoms with van der Waals surface area (Å²) in [6, 6.07) is 25.2. The summed E-state index contributed by atoms with van der Waals surface area (Å²) in [6.45, 7) is 0. The molecule has 214 valence electrons. The highest BCUT2D eigenvalue weighted by Gasteiger charge is 2.26. The fourth-order valence-electron chi connectivity index (χ4n) is 5.03. The molecule has 0 bridgehead atoms. The Morgan fingerprint density at radius 3 is 1.32 bits per heavy atom. The molecule has 2 N–H and O–H groups in total. The van der Waals surface area contributed by atoms with Crippen molar-refractivity contribution in [3.8, 4) is 11.1 Å². The highest BCUT2D eigenvalue weighted by molar-refractivity contribution is 6.21. The zero-order valence-electron chi connectivity index (χ0n) is 22.6. The van der Waals surface area contributed by atoms with Gasteiger partial charge in [-0.3, -0.25) is 39.8 Å². The fourth-order valence-corrected chi connectivity index (χ4v) is 5.03. The molecule has 6 rings (SSSR count). The number of nitrogens with one attached hydrogen (secondary N) is 2. The fraction of sp³-hybridized carbons (Fsp3) is 0. The second-order valence-corrected chi connectivity index (χ2v) is 9.58. The first-order valence-electron chi connectivity index (χ1n) is 13.2.